The molecule has 0 N–H and O–H groups in total. The predicted octanol–water partition coefficient (Wildman–Crippen LogP) is 13.0. The van der Waals surface area contributed by atoms with Gasteiger partial charge in [-0.2, -0.15) is 0 Å². The second-order valence-corrected chi connectivity index (χ2v) is 13.3. The topological polar surface area (TPSA) is 9.86 Å². The zero-order valence-corrected chi connectivity index (χ0v) is 27.2. The Morgan fingerprint density at radius 2 is 0.540 bits per heavy atom. The van der Waals surface area contributed by atoms with E-state index in [2.05, 4.69) is 191 Å². The Hall–Kier alpha value is -6.64. The number of hydrogen-bond donors (Lipinski definition) is 0. The lowest BCUT2D eigenvalue weighted by atomic mass is 9.92. The summed E-state index contributed by atoms with van der Waals surface area (Å²) in [5.41, 5.74) is 9.47. The largest absolute Gasteiger partial charge is 0.309 e. The van der Waals surface area contributed by atoms with Crippen LogP contribution in [0.5, 0.6) is 0 Å². The zero-order chi connectivity index (χ0) is 32.8. The van der Waals surface area contributed by atoms with Crippen LogP contribution in [0.25, 0.3) is 98.4 Å². The first kappa shape index (κ1) is 27.3. The monoisotopic (exact) mass is 634 g/mol. The van der Waals surface area contributed by atoms with Gasteiger partial charge in [0.2, 0.25) is 0 Å². The molecule has 9 aromatic carbocycles. The summed E-state index contributed by atoms with van der Waals surface area (Å²) < 4.78 is 4.88. The molecule has 2 heteroatoms. The molecule has 11 aromatic rings. The summed E-state index contributed by atoms with van der Waals surface area (Å²) >= 11 is 0. The van der Waals surface area contributed by atoms with Crippen LogP contribution in [0.2, 0.25) is 0 Å². The lowest BCUT2D eigenvalue weighted by molar-refractivity contribution is 1.13. The van der Waals surface area contributed by atoms with Gasteiger partial charge >= 0.3 is 0 Å². The van der Waals surface area contributed by atoms with E-state index in [9.17, 15) is 0 Å². The molecule has 2 aromatic heterocycles. The molecule has 0 atom stereocenters. The van der Waals surface area contributed by atoms with Gasteiger partial charge in [0.05, 0.1) is 22.1 Å². The molecule has 0 radical (unpaired) electrons. The third-order valence-corrected chi connectivity index (χ3v) is 10.7. The SMILES string of the molecule is c1ccc2c(c1)c1ccccc1c1cc(-c3cc(-n4c5ccccc5c5ccccc54)cc(-n4c5ccccc5c5ccccc54)c3)ccc21. The Labute approximate surface area is 288 Å². The lowest BCUT2D eigenvalue weighted by Gasteiger charge is -2.17. The molecule has 0 saturated carbocycles. The first-order valence-corrected chi connectivity index (χ1v) is 17.3. The van der Waals surface area contributed by atoms with E-state index in [0.29, 0.717) is 0 Å². The summed E-state index contributed by atoms with van der Waals surface area (Å²) in [6.45, 7) is 0. The molecule has 2 heterocycles. The molecule has 2 nitrogen and oxygen atoms in total. The predicted molar refractivity (Wildman–Crippen MR) is 213 cm³/mol. The first-order chi connectivity index (χ1) is 24.8. The molecule has 0 aliphatic carbocycles. The van der Waals surface area contributed by atoms with Crippen LogP contribution in [0, 0.1) is 0 Å². The molecule has 0 unspecified atom stereocenters. The highest BCUT2D eigenvalue weighted by Crippen LogP contribution is 2.40. The maximum atomic E-state index is 2.44. The van der Waals surface area contributed by atoms with Crippen molar-refractivity contribution in [3.8, 4) is 22.5 Å². The van der Waals surface area contributed by atoms with Crippen LogP contribution in [-0.2, 0) is 0 Å². The van der Waals surface area contributed by atoms with Crippen molar-refractivity contribution in [1.29, 1.82) is 0 Å². The average Bonchev–Trinajstić information content (AvgIpc) is 3.71. The molecule has 0 amide bonds. The van der Waals surface area contributed by atoms with E-state index in [4.69, 9.17) is 0 Å². The molecule has 232 valence electrons. The molecular weight excluding hydrogens is 605 g/mol. The van der Waals surface area contributed by atoms with Crippen molar-refractivity contribution in [2.24, 2.45) is 0 Å². The number of fused-ring (bicyclic) bond motifs is 12. The normalized spacial score (nSPS) is 12.0. The summed E-state index contributed by atoms with van der Waals surface area (Å²) in [6, 6.07) is 66.9. The summed E-state index contributed by atoms with van der Waals surface area (Å²) in [5.74, 6) is 0. The Balaban J connectivity index is 1.26. The van der Waals surface area contributed by atoms with E-state index >= 15 is 0 Å². The minimum atomic E-state index is 1.14. The van der Waals surface area contributed by atoms with Crippen molar-refractivity contribution >= 4 is 75.9 Å². The van der Waals surface area contributed by atoms with Crippen LogP contribution in [0.3, 0.4) is 0 Å². The lowest BCUT2D eigenvalue weighted by Crippen LogP contribution is -2.00. The van der Waals surface area contributed by atoms with Gasteiger partial charge in [-0.1, -0.05) is 133 Å². The number of nitrogens with zero attached hydrogens (tertiary/aromatic N) is 2. The van der Waals surface area contributed by atoms with Gasteiger partial charge < -0.3 is 9.13 Å². The molecule has 0 aliphatic heterocycles. The van der Waals surface area contributed by atoms with E-state index in [1.54, 1.807) is 0 Å². The third kappa shape index (κ3) is 3.85. The molecule has 0 bridgehead atoms. The van der Waals surface area contributed by atoms with E-state index in [1.807, 2.05) is 0 Å². The number of hydrogen-bond acceptors (Lipinski definition) is 0. The number of benzene rings is 9. The maximum absolute atomic E-state index is 2.44. The fourth-order valence-corrected chi connectivity index (χ4v) is 8.51. The van der Waals surface area contributed by atoms with Crippen molar-refractivity contribution in [3.05, 3.63) is 182 Å². The van der Waals surface area contributed by atoms with Crippen LogP contribution in [0.1, 0.15) is 0 Å². The van der Waals surface area contributed by atoms with E-state index in [0.717, 1.165) is 11.4 Å². The molecule has 50 heavy (non-hydrogen) atoms. The Bertz CT molecular complexity index is 2880. The van der Waals surface area contributed by atoms with Gasteiger partial charge in [-0.05, 0) is 92.0 Å². The molecule has 11 rings (SSSR count). The minimum absolute atomic E-state index is 1.14. The zero-order valence-electron chi connectivity index (χ0n) is 27.2. The van der Waals surface area contributed by atoms with Gasteiger partial charge in [0.15, 0.2) is 0 Å². The number of rotatable bonds is 3. The van der Waals surface area contributed by atoms with Crippen molar-refractivity contribution < 1.29 is 0 Å². The van der Waals surface area contributed by atoms with Gasteiger partial charge in [-0.15, -0.1) is 0 Å². The van der Waals surface area contributed by atoms with Crippen LogP contribution >= 0.6 is 0 Å². The van der Waals surface area contributed by atoms with Crippen LogP contribution in [-0.4, -0.2) is 9.13 Å². The quantitative estimate of drug-likeness (QED) is 0.171. The molecule has 0 spiro atoms. The Morgan fingerprint density at radius 1 is 0.220 bits per heavy atom. The highest BCUT2D eigenvalue weighted by Gasteiger charge is 2.18. The fraction of sp³-hybridized carbons (Fsp3) is 0. The van der Waals surface area contributed by atoms with E-state index in [1.165, 1.54) is 87.1 Å². The smallest absolute Gasteiger partial charge is 0.0541 e. The van der Waals surface area contributed by atoms with Crippen LogP contribution in [0.4, 0.5) is 0 Å². The van der Waals surface area contributed by atoms with Crippen LogP contribution in [0.15, 0.2) is 182 Å². The van der Waals surface area contributed by atoms with Crippen LogP contribution < -0.4 is 0 Å². The number of para-hydroxylation sites is 4. The first-order valence-electron chi connectivity index (χ1n) is 17.3. The minimum Gasteiger partial charge on any atom is -0.309 e. The summed E-state index contributed by atoms with van der Waals surface area (Å²) in [7, 11) is 0. The van der Waals surface area contributed by atoms with Crippen molar-refractivity contribution in [2.75, 3.05) is 0 Å². The van der Waals surface area contributed by atoms with Gasteiger partial charge in [-0.3, -0.25) is 0 Å². The van der Waals surface area contributed by atoms with Gasteiger partial charge in [0.1, 0.15) is 0 Å². The Kier molecular flexibility index (Phi) is 5.70. The molecule has 0 fully saturated rings. The maximum Gasteiger partial charge on any atom is 0.0541 e. The number of aromatic nitrogens is 2. The van der Waals surface area contributed by atoms with Crippen molar-refractivity contribution in [2.45, 2.75) is 0 Å². The summed E-state index contributed by atoms with van der Waals surface area (Å²) in [4.78, 5) is 0. The molecule has 0 aliphatic rings. The fourth-order valence-electron chi connectivity index (χ4n) is 8.51. The third-order valence-electron chi connectivity index (χ3n) is 10.7. The van der Waals surface area contributed by atoms with Crippen molar-refractivity contribution in [1.82, 2.24) is 9.13 Å². The Morgan fingerprint density at radius 3 is 0.940 bits per heavy atom. The highest BCUT2D eigenvalue weighted by molar-refractivity contribution is 6.25. The molecular formula is C48H30N2. The average molecular weight is 635 g/mol. The van der Waals surface area contributed by atoms with E-state index in [-0.39, 0.29) is 0 Å². The summed E-state index contributed by atoms with van der Waals surface area (Å²) in [6.07, 6.45) is 0. The van der Waals surface area contributed by atoms with Gasteiger partial charge in [-0.25, -0.2) is 0 Å². The second kappa shape index (κ2) is 10.4. The van der Waals surface area contributed by atoms with Gasteiger partial charge in [0, 0.05) is 32.9 Å². The van der Waals surface area contributed by atoms with Gasteiger partial charge in [0.25, 0.3) is 0 Å². The second-order valence-electron chi connectivity index (χ2n) is 13.3. The molecule has 0 saturated heterocycles. The van der Waals surface area contributed by atoms with Crippen molar-refractivity contribution in [3.63, 3.8) is 0 Å². The standard InChI is InChI=1S/C48H30N2/c1-2-15-37-35(13-1)36-14-3-4-16-38(36)44-29-31(25-26-39(37)44)32-27-33(49-45-21-9-5-17-40(45)41-18-6-10-22-46(41)49)30-34(28-32)50-47-23-11-7-19-42(47)43-20-8-12-24-48(43)50/h1-30H. The highest BCUT2D eigenvalue weighted by atomic mass is 15.0. The van der Waals surface area contributed by atoms with E-state index < -0.39 is 0 Å². The summed E-state index contributed by atoms with van der Waals surface area (Å²) in [5, 5.41) is 12.8.